The van der Waals surface area contributed by atoms with Crippen LogP contribution in [0.3, 0.4) is 0 Å². The van der Waals surface area contributed by atoms with Crippen molar-refractivity contribution < 1.29 is 0 Å². The lowest BCUT2D eigenvalue weighted by Crippen LogP contribution is -2.04. The molecule has 0 saturated carbocycles. The van der Waals surface area contributed by atoms with Crippen molar-refractivity contribution in [1.82, 2.24) is 19.1 Å². The molecule has 4 nitrogen and oxygen atoms in total. The zero-order valence-corrected chi connectivity index (χ0v) is 45.8. The summed E-state index contributed by atoms with van der Waals surface area (Å²) in [6.45, 7) is 0. The first-order valence-electron chi connectivity index (χ1n) is 27.8. The highest BCUT2D eigenvalue weighted by Crippen LogP contribution is 2.45. The number of hydrogen-bond donors (Lipinski definition) is 0. The zero-order valence-electron chi connectivity index (χ0n) is 44.2. The van der Waals surface area contributed by atoms with Gasteiger partial charge in [-0.1, -0.05) is 182 Å². The first-order valence-corrected chi connectivity index (χ1v) is 29.4. The van der Waals surface area contributed by atoms with Gasteiger partial charge in [0, 0.05) is 78.7 Å². The van der Waals surface area contributed by atoms with Crippen LogP contribution in [0.4, 0.5) is 0 Å². The van der Waals surface area contributed by atoms with Gasteiger partial charge in [0.15, 0.2) is 0 Å². The molecule has 82 heavy (non-hydrogen) atoms. The Morgan fingerprint density at radius 1 is 0.232 bits per heavy atom. The van der Waals surface area contributed by atoms with Crippen LogP contribution in [-0.4, -0.2) is 19.1 Å². The molecule has 0 radical (unpaired) electrons. The lowest BCUT2D eigenvalue weighted by molar-refractivity contribution is 0.996. The Morgan fingerprint density at radius 3 is 1.13 bits per heavy atom. The van der Waals surface area contributed by atoms with Crippen LogP contribution >= 0.6 is 22.7 Å². The maximum atomic E-state index is 5.62. The summed E-state index contributed by atoms with van der Waals surface area (Å²) in [6.07, 6.45) is 0. The van der Waals surface area contributed by atoms with Crippen LogP contribution in [0.15, 0.2) is 279 Å². The lowest BCUT2D eigenvalue weighted by Gasteiger charge is -2.15. The summed E-state index contributed by atoms with van der Waals surface area (Å²) >= 11 is 3.67. The smallest absolute Gasteiger partial charge is 0.235 e. The molecular weight excluding hydrogens is 1030 g/mol. The minimum Gasteiger partial charge on any atom is -0.309 e. The standard InChI is InChI=1S/C76H46N4S2/c1-3-17-47(18-4-1)49-21-15-23-51(39-49)55-41-56(52-24-16-22-50(40-52)48-19-5-2-6-20-48)43-57(42-55)79-66-29-11-7-27-60(66)74-68(79)35-36-69-75(74)61-28-8-12-30-67(61)80(69)76-77-64(53-33-37-72-62(44-53)58-25-9-13-31-70(58)81-72)46-65(78-76)54-34-38-73-63(45-54)59-26-10-14-32-71(59)82-73/h1-46H. The third-order valence-electron chi connectivity index (χ3n) is 16.5. The fourth-order valence-electron chi connectivity index (χ4n) is 12.7. The normalized spacial score (nSPS) is 11.9. The number of rotatable bonds is 8. The molecule has 0 N–H and O–H groups in total. The summed E-state index contributed by atoms with van der Waals surface area (Å²) < 4.78 is 9.87. The summed E-state index contributed by atoms with van der Waals surface area (Å²) in [4.78, 5) is 11.2. The predicted octanol–water partition coefficient (Wildman–Crippen LogP) is 21.4. The highest BCUT2D eigenvalue weighted by atomic mass is 32.1. The predicted molar refractivity (Wildman–Crippen MR) is 349 cm³/mol. The van der Waals surface area contributed by atoms with Crippen LogP contribution in [0.25, 0.3) is 163 Å². The molecule has 6 heteroatoms. The number of benzene rings is 12. The van der Waals surface area contributed by atoms with Gasteiger partial charge in [-0.15, -0.1) is 22.7 Å². The Balaban J connectivity index is 0.902. The second-order valence-corrected chi connectivity index (χ2v) is 23.4. The van der Waals surface area contributed by atoms with E-state index in [0.29, 0.717) is 5.95 Å². The van der Waals surface area contributed by atoms with E-state index >= 15 is 0 Å². The average Bonchev–Trinajstić information content (AvgIpc) is 2.48. The minimum atomic E-state index is 0.625. The zero-order chi connectivity index (χ0) is 53.8. The third-order valence-corrected chi connectivity index (χ3v) is 18.8. The monoisotopic (exact) mass is 1080 g/mol. The Kier molecular flexibility index (Phi) is 10.6. The Hall–Kier alpha value is -10.2. The number of thiophene rings is 2. The number of hydrogen-bond acceptors (Lipinski definition) is 4. The van der Waals surface area contributed by atoms with Gasteiger partial charge in [0.1, 0.15) is 0 Å². The molecule has 17 rings (SSSR count). The van der Waals surface area contributed by atoms with Gasteiger partial charge in [0.05, 0.1) is 33.5 Å². The number of fused-ring (bicyclic) bond motifs is 13. The number of aromatic nitrogens is 4. The molecule has 0 spiro atoms. The molecule has 0 atom stereocenters. The molecule has 0 bridgehead atoms. The highest BCUT2D eigenvalue weighted by molar-refractivity contribution is 7.26. The van der Waals surface area contributed by atoms with Crippen LogP contribution in [0.2, 0.25) is 0 Å². The van der Waals surface area contributed by atoms with E-state index in [2.05, 4.69) is 288 Å². The summed E-state index contributed by atoms with van der Waals surface area (Å²) in [5.74, 6) is 0.625. The summed E-state index contributed by atoms with van der Waals surface area (Å²) in [7, 11) is 0. The van der Waals surface area contributed by atoms with Crippen molar-refractivity contribution in [2.24, 2.45) is 0 Å². The van der Waals surface area contributed by atoms with Crippen molar-refractivity contribution in [3.05, 3.63) is 279 Å². The summed E-state index contributed by atoms with van der Waals surface area (Å²) in [5.41, 5.74) is 18.6. The minimum absolute atomic E-state index is 0.625. The first kappa shape index (κ1) is 46.7. The molecule has 5 heterocycles. The van der Waals surface area contributed by atoms with Gasteiger partial charge in [0.25, 0.3) is 0 Å². The van der Waals surface area contributed by atoms with Crippen molar-refractivity contribution >= 4 is 107 Å². The second kappa shape index (κ2) is 18.7. The Morgan fingerprint density at radius 2 is 0.622 bits per heavy atom. The van der Waals surface area contributed by atoms with E-state index in [9.17, 15) is 0 Å². The van der Waals surface area contributed by atoms with Gasteiger partial charge >= 0.3 is 0 Å². The Bertz CT molecular complexity index is 5180. The highest BCUT2D eigenvalue weighted by Gasteiger charge is 2.24. The quantitative estimate of drug-likeness (QED) is 0.152. The van der Waals surface area contributed by atoms with Crippen LogP contribution in [0.1, 0.15) is 0 Å². The molecule has 0 fully saturated rings. The van der Waals surface area contributed by atoms with Gasteiger partial charge in [-0.3, -0.25) is 4.57 Å². The van der Waals surface area contributed by atoms with Gasteiger partial charge in [-0.25, -0.2) is 9.97 Å². The first-order chi connectivity index (χ1) is 40.6. The van der Waals surface area contributed by atoms with Crippen LogP contribution < -0.4 is 0 Å². The van der Waals surface area contributed by atoms with Crippen molar-refractivity contribution in [2.75, 3.05) is 0 Å². The van der Waals surface area contributed by atoms with Crippen molar-refractivity contribution in [3.8, 4) is 78.7 Å². The van der Waals surface area contributed by atoms with E-state index in [1.54, 1.807) is 0 Å². The molecule has 0 aliphatic heterocycles. The van der Waals surface area contributed by atoms with Gasteiger partial charge < -0.3 is 4.57 Å². The van der Waals surface area contributed by atoms with Crippen LogP contribution in [-0.2, 0) is 0 Å². The van der Waals surface area contributed by atoms with E-state index in [-0.39, 0.29) is 0 Å². The van der Waals surface area contributed by atoms with Crippen LogP contribution in [0, 0.1) is 0 Å². The van der Waals surface area contributed by atoms with Crippen molar-refractivity contribution in [2.45, 2.75) is 0 Å². The van der Waals surface area contributed by atoms with E-state index in [1.807, 2.05) is 22.7 Å². The SMILES string of the molecule is c1ccc(-c2cccc(-c3cc(-c4cccc(-c5ccccc5)c4)cc(-n4c5ccccc5c5c6c7ccccc7n(-c7nc(-c8ccc9sc%10ccccc%10c9c8)cc(-c8ccc9sc%10ccccc%10c9c8)n7)c6ccc54)c3)c2)cc1. The van der Waals surface area contributed by atoms with E-state index in [4.69, 9.17) is 9.97 Å². The van der Waals surface area contributed by atoms with Gasteiger partial charge in [-0.05, 0) is 142 Å². The molecule has 0 amide bonds. The second-order valence-electron chi connectivity index (χ2n) is 21.3. The van der Waals surface area contributed by atoms with Gasteiger partial charge in [0.2, 0.25) is 5.95 Å². The van der Waals surface area contributed by atoms with E-state index in [1.165, 1.54) is 78.8 Å². The third kappa shape index (κ3) is 7.57. The van der Waals surface area contributed by atoms with E-state index in [0.717, 1.165) is 77.9 Å². The topological polar surface area (TPSA) is 35.6 Å². The lowest BCUT2D eigenvalue weighted by atomic mass is 9.94. The number of nitrogens with zero attached hydrogens (tertiary/aromatic N) is 4. The maximum Gasteiger partial charge on any atom is 0.235 e. The fourth-order valence-corrected chi connectivity index (χ4v) is 14.9. The maximum absolute atomic E-state index is 5.62. The molecule has 0 unspecified atom stereocenters. The largest absolute Gasteiger partial charge is 0.309 e. The van der Waals surface area contributed by atoms with Crippen molar-refractivity contribution in [1.29, 1.82) is 0 Å². The van der Waals surface area contributed by atoms with Gasteiger partial charge in [-0.2, -0.15) is 0 Å². The molecule has 12 aromatic carbocycles. The van der Waals surface area contributed by atoms with Crippen molar-refractivity contribution in [3.63, 3.8) is 0 Å². The fraction of sp³-hybridized carbons (Fsp3) is 0. The molecule has 0 aliphatic carbocycles. The molecular formula is C76H46N4S2. The summed E-state index contributed by atoms with van der Waals surface area (Å²) in [6, 6.07) is 102. The summed E-state index contributed by atoms with van der Waals surface area (Å²) in [5, 5.41) is 9.67. The molecule has 17 aromatic rings. The molecule has 382 valence electrons. The number of para-hydroxylation sites is 2. The molecule has 5 aromatic heterocycles. The average molecular weight is 1080 g/mol. The van der Waals surface area contributed by atoms with Crippen LogP contribution in [0.5, 0.6) is 0 Å². The molecule has 0 saturated heterocycles. The van der Waals surface area contributed by atoms with E-state index < -0.39 is 0 Å². The molecule has 0 aliphatic rings. The Labute approximate surface area is 480 Å².